The van der Waals surface area contributed by atoms with Crippen LogP contribution in [-0.2, 0) is 17.8 Å². The van der Waals surface area contributed by atoms with Crippen LogP contribution in [-0.4, -0.2) is 59.5 Å². The Morgan fingerprint density at radius 3 is 2.73 bits per heavy atom. The van der Waals surface area contributed by atoms with Crippen LogP contribution in [0.4, 0.5) is 11.4 Å². The molecule has 1 atom stereocenters. The monoisotopic (exact) mass is 410 g/mol. The summed E-state index contributed by atoms with van der Waals surface area (Å²) in [6.07, 6.45) is 0.975. The van der Waals surface area contributed by atoms with E-state index >= 15 is 0 Å². The van der Waals surface area contributed by atoms with Crippen LogP contribution < -0.4 is 10.1 Å². The van der Waals surface area contributed by atoms with Gasteiger partial charge in [0.05, 0.1) is 17.6 Å². The summed E-state index contributed by atoms with van der Waals surface area (Å²) in [6, 6.07) is 12.3. The molecule has 8 heteroatoms. The van der Waals surface area contributed by atoms with E-state index in [0.717, 1.165) is 51.5 Å². The van der Waals surface area contributed by atoms with Crippen molar-refractivity contribution < 1.29 is 14.5 Å². The van der Waals surface area contributed by atoms with Crippen molar-refractivity contribution in [3.05, 3.63) is 63.7 Å². The quantitative estimate of drug-likeness (QED) is 0.582. The van der Waals surface area contributed by atoms with E-state index in [2.05, 4.69) is 33.3 Å². The minimum absolute atomic E-state index is 0.0948. The summed E-state index contributed by atoms with van der Waals surface area (Å²) >= 11 is 0. The van der Waals surface area contributed by atoms with Crippen molar-refractivity contribution >= 4 is 17.3 Å². The van der Waals surface area contributed by atoms with Gasteiger partial charge in [-0.1, -0.05) is 24.3 Å². The molecule has 2 aromatic rings. The van der Waals surface area contributed by atoms with Gasteiger partial charge < -0.3 is 10.1 Å². The highest BCUT2D eigenvalue weighted by molar-refractivity contribution is 5.96. The number of piperazine rings is 1. The molecule has 1 fully saturated rings. The predicted octanol–water partition coefficient (Wildman–Crippen LogP) is 2.67. The van der Waals surface area contributed by atoms with Crippen LogP contribution in [0.15, 0.2) is 42.5 Å². The number of hydrogen-bond acceptors (Lipinski definition) is 6. The highest BCUT2D eigenvalue weighted by Crippen LogP contribution is 2.27. The topological polar surface area (TPSA) is 87.9 Å². The van der Waals surface area contributed by atoms with Crippen LogP contribution in [0.25, 0.3) is 0 Å². The first-order valence-corrected chi connectivity index (χ1v) is 10.3. The number of nitrogens with one attached hydrogen (secondary N) is 1. The summed E-state index contributed by atoms with van der Waals surface area (Å²) in [5.41, 5.74) is 2.71. The van der Waals surface area contributed by atoms with Gasteiger partial charge in [0.25, 0.3) is 5.69 Å². The summed E-state index contributed by atoms with van der Waals surface area (Å²) in [5.74, 6) is 0.776. The van der Waals surface area contributed by atoms with E-state index in [4.69, 9.17) is 4.74 Å². The number of carbonyl (C=O) groups is 1. The lowest BCUT2D eigenvalue weighted by Crippen LogP contribution is -2.52. The Bertz CT molecular complexity index is 940. The van der Waals surface area contributed by atoms with Gasteiger partial charge in [0, 0.05) is 45.2 Å². The van der Waals surface area contributed by atoms with Gasteiger partial charge in [-0.05, 0) is 30.2 Å². The first-order valence-electron chi connectivity index (χ1n) is 10.3. The Balaban J connectivity index is 1.30. The second-order valence-electron chi connectivity index (χ2n) is 7.79. The Hall–Kier alpha value is -2.97. The van der Waals surface area contributed by atoms with Gasteiger partial charge in [0.1, 0.15) is 11.4 Å². The summed E-state index contributed by atoms with van der Waals surface area (Å²) < 4.78 is 5.57. The number of fused-ring (bicyclic) bond motifs is 1. The van der Waals surface area contributed by atoms with E-state index in [1.54, 1.807) is 18.2 Å². The molecule has 30 heavy (non-hydrogen) atoms. The molecule has 2 aliphatic rings. The first-order chi connectivity index (χ1) is 14.5. The molecule has 2 aromatic carbocycles. The number of rotatable bonds is 6. The Kier molecular flexibility index (Phi) is 5.96. The van der Waals surface area contributed by atoms with Crippen molar-refractivity contribution in [2.75, 3.05) is 38.1 Å². The van der Waals surface area contributed by atoms with Crippen molar-refractivity contribution in [2.45, 2.75) is 25.9 Å². The molecule has 0 aromatic heterocycles. The fourth-order valence-electron chi connectivity index (χ4n) is 4.05. The van der Waals surface area contributed by atoms with Gasteiger partial charge >= 0.3 is 0 Å². The first kappa shape index (κ1) is 20.3. The molecule has 0 radical (unpaired) electrons. The van der Waals surface area contributed by atoms with Gasteiger partial charge in [-0.3, -0.25) is 24.7 Å². The molecule has 1 saturated heterocycles. The molecule has 158 valence electrons. The Morgan fingerprint density at radius 2 is 1.97 bits per heavy atom. The number of carbonyl (C=O) groups excluding carboxylic acids is 1. The number of nitro benzene ring substituents is 1. The van der Waals surface area contributed by atoms with Gasteiger partial charge in [-0.15, -0.1) is 0 Å². The fraction of sp³-hybridized carbons (Fsp3) is 0.409. The van der Waals surface area contributed by atoms with Crippen LogP contribution >= 0.6 is 0 Å². The van der Waals surface area contributed by atoms with E-state index in [1.807, 2.05) is 6.92 Å². The number of para-hydroxylation sites is 2. The molecule has 1 amide bonds. The summed E-state index contributed by atoms with van der Waals surface area (Å²) in [7, 11) is 0. The smallest absolute Gasteiger partial charge is 0.292 e. The lowest BCUT2D eigenvalue weighted by molar-refractivity contribution is -0.383. The number of anilines is 1. The van der Waals surface area contributed by atoms with Crippen LogP contribution in [0.1, 0.15) is 18.1 Å². The largest absolute Gasteiger partial charge is 0.493 e. The molecule has 4 rings (SSSR count). The number of benzene rings is 2. The van der Waals surface area contributed by atoms with Crippen molar-refractivity contribution in [1.82, 2.24) is 9.80 Å². The molecule has 0 saturated carbocycles. The van der Waals surface area contributed by atoms with E-state index in [0.29, 0.717) is 0 Å². The van der Waals surface area contributed by atoms with Crippen LogP contribution in [0.2, 0.25) is 0 Å². The van der Waals surface area contributed by atoms with Gasteiger partial charge in [-0.2, -0.15) is 0 Å². The zero-order valence-electron chi connectivity index (χ0n) is 17.0. The lowest BCUT2D eigenvalue weighted by Gasteiger charge is -2.37. The third-order valence-electron chi connectivity index (χ3n) is 5.85. The van der Waals surface area contributed by atoms with Crippen molar-refractivity contribution in [3.63, 3.8) is 0 Å². The normalized spacial score (nSPS) is 17.8. The average Bonchev–Trinajstić information content (AvgIpc) is 3.22. The zero-order chi connectivity index (χ0) is 21.1. The minimum Gasteiger partial charge on any atom is -0.493 e. The molecule has 1 N–H and O–H groups in total. The maximum atomic E-state index is 12.7. The third kappa shape index (κ3) is 4.44. The molecular weight excluding hydrogens is 384 g/mol. The number of ether oxygens (including phenoxy) is 1. The molecule has 0 unspecified atom stereocenters. The van der Waals surface area contributed by atoms with Crippen molar-refractivity contribution in [1.29, 1.82) is 0 Å². The van der Waals surface area contributed by atoms with Gasteiger partial charge in [0.15, 0.2) is 0 Å². The molecular formula is C22H26N4O4. The van der Waals surface area contributed by atoms with Gasteiger partial charge in [-0.25, -0.2) is 0 Å². The maximum Gasteiger partial charge on any atom is 0.292 e. The summed E-state index contributed by atoms with van der Waals surface area (Å²) in [6.45, 7) is 6.80. The predicted molar refractivity (Wildman–Crippen MR) is 114 cm³/mol. The fourth-order valence-corrected chi connectivity index (χ4v) is 4.05. The van der Waals surface area contributed by atoms with E-state index < -0.39 is 4.92 Å². The molecule has 2 heterocycles. The SMILES string of the molecule is C[C@H](C(=O)Nc1ccccc1[N+](=O)[O-])N1CCN(Cc2ccc3c(c2)CCO3)CC1. The van der Waals surface area contributed by atoms with E-state index in [-0.39, 0.29) is 23.3 Å². The third-order valence-corrected chi connectivity index (χ3v) is 5.85. The second kappa shape index (κ2) is 8.81. The molecule has 8 nitrogen and oxygen atoms in total. The Morgan fingerprint density at radius 1 is 1.20 bits per heavy atom. The van der Waals surface area contributed by atoms with Crippen molar-refractivity contribution in [3.8, 4) is 5.75 Å². The zero-order valence-corrected chi connectivity index (χ0v) is 17.0. The van der Waals surface area contributed by atoms with Gasteiger partial charge in [0.2, 0.25) is 5.91 Å². The molecule has 0 bridgehead atoms. The standard InChI is InChI=1S/C22H26N4O4/c1-16(22(27)23-19-4-2-3-5-20(19)26(28)29)25-11-9-24(10-12-25)15-17-6-7-21-18(14-17)8-13-30-21/h2-7,14,16H,8-13,15H2,1H3,(H,23,27)/t16-/m1/s1. The molecule has 0 aliphatic carbocycles. The van der Waals surface area contributed by atoms with Crippen LogP contribution in [0.3, 0.4) is 0 Å². The lowest BCUT2D eigenvalue weighted by atomic mass is 10.1. The number of nitro groups is 1. The van der Waals surface area contributed by atoms with Crippen LogP contribution in [0, 0.1) is 10.1 Å². The maximum absolute atomic E-state index is 12.7. The van der Waals surface area contributed by atoms with E-state index in [1.165, 1.54) is 17.2 Å². The highest BCUT2D eigenvalue weighted by Gasteiger charge is 2.27. The Labute approximate surface area is 175 Å². The number of amides is 1. The summed E-state index contributed by atoms with van der Waals surface area (Å²) in [5, 5.41) is 13.9. The minimum atomic E-state index is -0.482. The average molecular weight is 410 g/mol. The summed E-state index contributed by atoms with van der Waals surface area (Å²) in [4.78, 5) is 27.9. The molecule has 0 spiro atoms. The highest BCUT2D eigenvalue weighted by atomic mass is 16.6. The van der Waals surface area contributed by atoms with Crippen molar-refractivity contribution in [2.24, 2.45) is 0 Å². The number of hydrogen-bond donors (Lipinski definition) is 1. The molecule has 2 aliphatic heterocycles. The van der Waals surface area contributed by atoms with E-state index in [9.17, 15) is 14.9 Å². The van der Waals surface area contributed by atoms with Crippen LogP contribution in [0.5, 0.6) is 5.75 Å². The number of nitrogens with zero attached hydrogens (tertiary/aromatic N) is 3. The second-order valence-corrected chi connectivity index (χ2v) is 7.79.